The fraction of sp³-hybridized carbons (Fsp3) is 0.200. The number of anilines is 1. The topological polar surface area (TPSA) is 26.0 Å². The molecule has 0 aliphatic rings. The molecule has 0 aliphatic carbocycles. The monoisotopic (exact) mass is 277 g/mol. The van der Waals surface area contributed by atoms with Crippen molar-refractivity contribution in [2.24, 2.45) is 0 Å². The molecule has 0 spiro atoms. The largest absolute Gasteiger partial charge is 0.398 e. The zero-order chi connectivity index (χ0) is 12.8. The Balaban J connectivity index is 1.80. The molecule has 0 fully saturated rings. The van der Waals surface area contributed by atoms with Gasteiger partial charge in [0, 0.05) is 15.6 Å². The van der Waals surface area contributed by atoms with Crippen LogP contribution >= 0.6 is 23.4 Å². The van der Waals surface area contributed by atoms with Crippen molar-refractivity contribution in [1.29, 1.82) is 0 Å². The van der Waals surface area contributed by atoms with E-state index < -0.39 is 0 Å². The van der Waals surface area contributed by atoms with Gasteiger partial charge in [0.1, 0.15) is 0 Å². The van der Waals surface area contributed by atoms with Crippen LogP contribution in [0.5, 0.6) is 0 Å². The molecule has 2 N–H and O–H groups in total. The Bertz CT molecular complexity index is 499. The van der Waals surface area contributed by atoms with E-state index in [-0.39, 0.29) is 0 Å². The smallest absolute Gasteiger partial charge is 0.0453 e. The summed E-state index contributed by atoms with van der Waals surface area (Å²) in [4.78, 5) is 1.08. The second-order valence-electron chi connectivity index (χ2n) is 4.12. The van der Waals surface area contributed by atoms with E-state index in [2.05, 4.69) is 24.3 Å². The fourth-order valence-electron chi connectivity index (χ4n) is 1.74. The molecule has 0 unspecified atom stereocenters. The number of nitrogen functional groups attached to an aromatic ring is 1. The molecule has 0 saturated heterocycles. The summed E-state index contributed by atoms with van der Waals surface area (Å²) in [6.45, 7) is 0. The quantitative estimate of drug-likeness (QED) is 0.489. The third-order valence-corrected chi connectivity index (χ3v) is 4.08. The van der Waals surface area contributed by atoms with E-state index in [9.17, 15) is 0 Å². The highest BCUT2D eigenvalue weighted by atomic mass is 35.5. The van der Waals surface area contributed by atoms with Crippen molar-refractivity contribution in [3.8, 4) is 0 Å². The van der Waals surface area contributed by atoms with Crippen molar-refractivity contribution in [3.05, 3.63) is 59.1 Å². The number of thioether (sulfide) groups is 1. The first kappa shape index (κ1) is 13.3. The third kappa shape index (κ3) is 3.97. The average molecular weight is 278 g/mol. The molecule has 0 saturated carbocycles. The lowest BCUT2D eigenvalue weighted by Crippen LogP contribution is -1.91. The van der Waals surface area contributed by atoms with E-state index in [4.69, 9.17) is 17.3 Å². The predicted octanol–water partition coefficient (Wildman–Crippen LogP) is 4.65. The molecule has 0 heterocycles. The number of hydrogen-bond acceptors (Lipinski definition) is 2. The lowest BCUT2D eigenvalue weighted by Gasteiger charge is -2.06. The van der Waals surface area contributed by atoms with Crippen molar-refractivity contribution >= 4 is 29.1 Å². The summed E-state index contributed by atoms with van der Waals surface area (Å²) in [6, 6.07) is 16.2. The Morgan fingerprint density at radius 2 is 1.83 bits per heavy atom. The van der Waals surface area contributed by atoms with E-state index >= 15 is 0 Å². The standard InChI is InChI=1S/C15H16ClNS/c16-13-8-9-14(17)15(11-13)18-10-4-7-12-5-2-1-3-6-12/h1-3,5-6,8-9,11H,4,7,10,17H2. The first-order chi connectivity index (χ1) is 8.75. The molecule has 0 bridgehead atoms. The Hall–Kier alpha value is -1.12. The zero-order valence-corrected chi connectivity index (χ0v) is 11.7. The highest BCUT2D eigenvalue weighted by Gasteiger charge is 2.01. The van der Waals surface area contributed by atoms with Gasteiger partial charge in [0.15, 0.2) is 0 Å². The Labute approximate surface area is 117 Å². The van der Waals surface area contributed by atoms with Crippen LogP contribution < -0.4 is 5.73 Å². The first-order valence-corrected chi connectivity index (χ1v) is 7.34. The lowest BCUT2D eigenvalue weighted by molar-refractivity contribution is 0.933. The summed E-state index contributed by atoms with van der Waals surface area (Å²) in [5, 5.41) is 0.745. The second kappa shape index (κ2) is 6.72. The molecule has 18 heavy (non-hydrogen) atoms. The summed E-state index contributed by atoms with van der Waals surface area (Å²) in [6.07, 6.45) is 2.24. The van der Waals surface area contributed by atoms with Crippen molar-refractivity contribution in [2.75, 3.05) is 11.5 Å². The number of aryl methyl sites for hydroxylation is 1. The van der Waals surface area contributed by atoms with E-state index in [1.165, 1.54) is 5.56 Å². The summed E-state index contributed by atoms with van der Waals surface area (Å²) in [5.41, 5.74) is 8.10. The van der Waals surface area contributed by atoms with Gasteiger partial charge in [0.05, 0.1) is 0 Å². The van der Waals surface area contributed by atoms with Crippen LogP contribution in [0.2, 0.25) is 5.02 Å². The molecule has 2 rings (SSSR count). The maximum atomic E-state index is 5.96. The van der Waals surface area contributed by atoms with Gasteiger partial charge in [-0.15, -0.1) is 11.8 Å². The van der Waals surface area contributed by atoms with Crippen LogP contribution in [-0.2, 0) is 6.42 Å². The minimum atomic E-state index is 0.745. The highest BCUT2D eigenvalue weighted by Crippen LogP contribution is 2.28. The Morgan fingerprint density at radius 1 is 1.06 bits per heavy atom. The molecule has 2 aromatic carbocycles. The van der Waals surface area contributed by atoms with E-state index in [0.717, 1.165) is 34.2 Å². The van der Waals surface area contributed by atoms with Gasteiger partial charge in [-0.05, 0) is 42.4 Å². The number of nitrogens with two attached hydrogens (primary N) is 1. The number of benzene rings is 2. The number of rotatable bonds is 5. The normalized spacial score (nSPS) is 10.5. The van der Waals surface area contributed by atoms with Gasteiger partial charge in [0.25, 0.3) is 0 Å². The molecule has 3 heteroatoms. The first-order valence-electron chi connectivity index (χ1n) is 5.97. The predicted molar refractivity (Wildman–Crippen MR) is 81.4 cm³/mol. The fourth-order valence-corrected chi connectivity index (χ4v) is 2.93. The second-order valence-corrected chi connectivity index (χ2v) is 5.69. The summed E-state index contributed by atoms with van der Waals surface area (Å²) >= 11 is 7.73. The van der Waals surface area contributed by atoms with Crippen molar-refractivity contribution in [2.45, 2.75) is 17.7 Å². The maximum absolute atomic E-state index is 5.96. The summed E-state index contributed by atoms with van der Waals surface area (Å²) in [7, 11) is 0. The van der Waals surface area contributed by atoms with Crippen molar-refractivity contribution in [1.82, 2.24) is 0 Å². The molecule has 0 radical (unpaired) electrons. The molecular formula is C15H16ClNS. The van der Waals surface area contributed by atoms with Crippen LogP contribution in [0.15, 0.2) is 53.4 Å². The van der Waals surface area contributed by atoms with Crippen LogP contribution in [0.4, 0.5) is 5.69 Å². The van der Waals surface area contributed by atoms with Gasteiger partial charge in [-0.2, -0.15) is 0 Å². The molecule has 0 atom stereocenters. The molecular weight excluding hydrogens is 262 g/mol. The van der Waals surface area contributed by atoms with Crippen LogP contribution in [0.25, 0.3) is 0 Å². The van der Waals surface area contributed by atoms with Gasteiger partial charge in [-0.3, -0.25) is 0 Å². The number of hydrogen-bond donors (Lipinski definition) is 1. The molecule has 94 valence electrons. The van der Waals surface area contributed by atoms with Gasteiger partial charge >= 0.3 is 0 Å². The average Bonchev–Trinajstić information content (AvgIpc) is 2.40. The van der Waals surface area contributed by atoms with Gasteiger partial charge in [0.2, 0.25) is 0 Å². The van der Waals surface area contributed by atoms with E-state index in [1.807, 2.05) is 24.3 Å². The maximum Gasteiger partial charge on any atom is 0.0453 e. The van der Waals surface area contributed by atoms with Crippen LogP contribution in [0.1, 0.15) is 12.0 Å². The highest BCUT2D eigenvalue weighted by molar-refractivity contribution is 7.99. The summed E-state index contributed by atoms with van der Waals surface area (Å²) in [5.74, 6) is 1.05. The third-order valence-electron chi connectivity index (χ3n) is 2.69. The van der Waals surface area contributed by atoms with Gasteiger partial charge in [-0.25, -0.2) is 0 Å². The van der Waals surface area contributed by atoms with Crippen molar-refractivity contribution < 1.29 is 0 Å². The van der Waals surface area contributed by atoms with Crippen molar-refractivity contribution in [3.63, 3.8) is 0 Å². The summed E-state index contributed by atoms with van der Waals surface area (Å²) < 4.78 is 0. The molecule has 0 amide bonds. The van der Waals surface area contributed by atoms with Crippen LogP contribution in [0.3, 0.4) is 0 Å². The van der Waals surface area contributed by atoms with E-state index in [1.54, 1.807) is 11.8 Å². The van der Waals surface area contributed by atoms with Gasteiger partial charge < -0.3 is 5.73 Å². The SMILES string of the molecule is Nc1ccc(Cl)cc1SCCCc1ccccc1. The van der Waals surface area contributed by atoms with Crippen LogP contribution in [-0.4, -0.2) is 5.75 Å². The molecule has 0 aromatic heterocycles. The molecule has 2 aromatic rings. The minimum Gasteiger partial charge on any atom is -0.398 e. The minimum absolute atomic E-state index is 0.745. The van der Waals surface area contributed by atoms with Crippen LogP contribution in [0, 0.1) is 0 Å². The Kier molecular flexibility index (Phi) is 4.97. The zero-order valence-electron chi connectivity index (χ0n) is 10.1. The molecule has 0 aliphatic heterocycles. The Morgan fingerprint density at radius 3 is 2.61 bits per heavy atom. The van der Waals surface area contributed by atoms with Gasteiger partial charge in [-0.1, -0.05) is 41.9 Å². The number of halogens is 1. The molecule has 1 nitrogen and oxygen atoms in total. The van der Waals surface area contributed by atoms with E-state index in [0.29, 0.717) is 0 Å². The lowest BCUT2D eigenvalue weighted by atomic mass is 10.1.